The minimum absolute atomic E-state index is 0.0700. The minimum Gasteiger partial charge on any atom is -0.479 e. The van der Waals surface area contributed by atoms with E-state index in [0.29, 0.717) is 31.7 Å². The lowest BCUT2D eigenvalue weighted by atomic mass is 9.83. The summed E-state index contributed by atoms with van der Waals surface area (Å²) >= 11 is 0. The number of carboxylic acids is 1. The maximum absolute atomic E-state index is 13.4. The van der Waals surface area contributed by atoms with Crippen LogP contribution >= 0.6 is 0 Å². The van der Waals surface area contributed by atoms with Gasteiger partial charge in [-0.05, 0) is 74.9 Å². The van der Waals surface area contributed by atoms with Gasteiger partial charge in [-0.2, -0.15) is 0 Å². The SMILES string of the molecule is Cc1ccc(-c2c(C)c3c(c(C)c2[C@H](OC(C)(C)C)C(=O)O)CN(C(=O)N2CCN(C)C(=O)C2)C3)cc1. The van der Waals surface area contributed by atoms with Crippen LogP contribution in [0.25, 0.3) is 11.1 Å². The first-order chi connectivity index (χ1) is 17.3. The number of urea groups is 1. The first-order valence-electron chi connectivity index (χ1n) is 12.7. The third-order valence-corrected chi connectivity index (χ3v) is 7.31. The molecule has 0 aliphatic carbocycles. The average molecular weight is 508 g/mol. The second kappa shape index (κ2) is 9.82. The van der Waals surface area contributed by atoms with E-state index in [1.807, 2.05) is 65.8 Å². The topological polar surface area (TPSA) is 90.4 Å². The Hall–Kier alpha value is -3.39. The number of likely N-dealkylation sites (N-methyl/N-ethyl adjacent to an activating group) is 1. The van der Waals surface area contributed by atoms with Gasteiger partial charge in [0.15, 0.2) is 6.10 Å². The molecule has 1 N–H and O–H groups in total. The molecule has 2 aromatic carbocycles. The third kappa shape index (κ3) is 5.21. The summed E-state index contributed by atoms with van der Waals surface area (Å²) in [5.74, 6) is -1.12. The van der Waals surface area contributed by atoms with Crippen molar-refractivity contribution in [1.82, 2.24) is 14.7 Å². The maximum Gasteiger partial charge on any atom is 0.337 e. The highest BCUT2D eigenvalue weighted by atomic mass is 16.5. The predicted molar refractivity (Wildman–Crippen MR) is 141 cm³/mol. The van der Waals surface area contributed by atoms with Gasteiger partial charge in [-0.15, -0.1) is 0 Å². The van der Waals surface area contributed by atoms with Crippen LogP contribution in [0, 0.1) is 20.8 Å². The van der Waals surface area contributed by atoms with Crippen LogP contribution in [0.15, 0.2) is 24.3 Å². The van der Waals surface area contributed by atoms with Crippen LogP contribution in [0.2, 0.25) is 0 Å². The highest BCUT2D eigenvalue weighted by Crippen LogP contribution is 2.43. The average Bonchev–Trinajstić information content (AvgIpc) is 3.27. The Balaban J connectivity index is 1.82. The lowest BCUT2D eigenvalue weighted by molar-refractivity contribution is -0.160. The zero-order valence-corrected chi connectivity index (χ0v) is 22.8. The number of rotatable bonds is 4. The molecule has 198 valence electrons. The fourth-order valence-corrected chi connectivity index (χ4v) is 5.28. The fraction of sp³-hybridized carbons (Fsp3) is 0.483. The Bertz CT molecular complexity index is 1250. The Morgan fingerprint density at radius 2 is 1.51 bits per heavy atom. The van der Waals surface area contributed by atoms with E-state index in [4.69, 9.17) is 4.74 Å². The van der Waals surface area contributed by atoms with Gasteiger partial charge >= 0.3 is 12.0 Å². The molecule has 0 unspecified atom stereocenters. The molecular formula is C29H37N3O5. The first kappa shape index (κ1) is 26.7. The quantitative estimate of drug-likeness (QED) is 0.661. The van der Waals surface area contributed by atoms with Crippen molar-refractivity contribution < 1.29 is 24.2 Å². The maximum atomic E-state index is 13.4. The van der Waals surface area contributed by atoms with E-state index >= 15 is 0 Å². The van der Waals surface area contributed by atoms with Gasteiger partial charge in [0.25, 0.3) is 0 Å². The summed E-state index contributed by atoms with van der Waals surface area (Å²) in [5, 5.41) is 10.3. The fourth-order valence-electron chi connectivity index (χ4n) is 5.28. The zero-order valence-electron chi connectivity index (χ0n) is 22.8. The van der Waals surface area contributed by atoms with Crippen LogP contribution in [0.5, 0.6) is 0 Å². The summed E-state index contributed by atoms with van der Waals surface area (Å²) in [6, 6.07) is 7.88. The molecule has 2 heterocycles. The van der Waals surface area contributed by atoms with Crippen molar-refractivity contribution in [2.24, 2.45) is 0 Å². The van der Waals surface area contributed by atoms with Gasteiger partial charge in [-0.1, -0.05) is 29.8 Å². The molecule has 2 aliphatic heterocycles. The lowest BCUT2D eigenvalue weighted by Crippen LogP contribution is -2.53. The van der Waals surface area contributed by atoms with Crippen LogP contribution in [0.1, 0.15) is 60.3 Å². The summed E-state index contributed by atoms with van der Waals surface area (Å²) in [4.78, 5) is 43.2. The van der Waals surface area contributed by atoms with Crippen LogP contribution < -0.4 is 0 Å². The molecule has 1 saturated heterocycles. The van der Waals surface area contributed by atoms with E-state index in [1.165, 1.54) is 0 Å². The molecule has 8 heteroatoms. The van der Waals surface area contributed by atoms with Crippen molar-refractivity contribution in [1.29, 1.82) is 0 Å². The van der Waals surface area contributed by atoms with Crippen LogP contribution in [0.3, 0.4) is 0 Å². The van der Waals surface area contributed by atoms with Gasteiger partial charge in [0.2, 0.25) is 5.91 Å². The first-order valence-corrected chi connectivity index (χ1v) is 12.7. The van der Waals surface area contributed by atoms with Crippen molar-refractivity contribution in [2.75, 3.05) is 26.7 Å². The zero-order chi connectivity index (χ0) is 27.2. The normalized spacial score (nSPS) is 16.7. The van der Waals surface area contributed by atoms with Gasteiger partial charge in [0.05, 0.1) is 5.60 Å². The molecule has 1 fully saturated rings. The molecule has 4 rings (SSSR count). The molecule has 0 aromatic heterocycles. The minimum atomic E-state index is -1.17. The second-order valence-electron chi connectivity index (χ2n) is 11.2. The predicted octanol–water partition coefficient (Wildman–Crippen LogP) is 4.43. The molecule has 8 nitrogen and oxygen atoms in total. The number of carbonyl (C=O) groups excluding carboxylic acids is 2. The number of aryl methyl sites for hydroxylation is 1. The molecular weight excluding hydrogens is 470 g/mol. The molecule has 0 radical (unpaired) electrons. The monoisotopic (exact) mass is 507 g/mol. The third-order valence-electron chi connectivity index (χ3n) is 7.31. The smallest absolute Gasteiger partial charge is 0.337 e. The van der Waals surface area contributed by atoms with Crippen LogP contribution in [-0.2, 0) is 27.4 Å². The number of fused-ring (bicyclic) bond motifs is 1. The van der Waals surface area contributed by atoms with E-state index in [1.54, 1.807) is 21.7 Å². The van der Waals surface area contributed by atoms with Crippen molar-refractivity contribution in [2.45, 2.75) is 66.3 Å². The molecule has 1 atom stereocenters. The number of ether oxygens (including phenoxy) is 1. The Kier molecular flexibility index (Phi) is 7.08. The van der Waals surface area contributed by atoms with Gasteiger partial charge in [0.1, 0.15) is 6.54 Å². The summed E-state index contributed by atoms with van der Waals surface area (Å²) in [6.45, 7) is 13.3. The van der Waals surface area contributed by atoms with E-state index in [-0.39, 0.29) is 18.5 Å². The number of amides is 3. The number of aliphatic carboxylic acids is 1. The summed E-state index contributed by atoms with van der Waals surface area (Å²) in [7, 11) is 1.75. The highest BCUT2D eigenvalue weighted by molar-refractivity contribution is 5.87. The Labute approximate surface area is 218 Å². The van der Waals surface area contributed by atoms with Gasteiger partial charge in [-0.3, -0.25) is 4.79 Å². The van der Waals surface area contributed by atoms with Crippen molar-refractivity contribution in [3.63, 3.8) is 0 Å². The lowest BCUT2D eigenvalue weighted by Gasteiger charge is -2.34. The molecule has 2 aromatic rings. The second-order valence-corrected chi connectivity index (χ2v) is 11.2. The Morgan fingerprint density at radius 3 is 2.05 bits per heavy atom. The number of benzene rings is 2. The number of hydrogen-bond acceptors (Lipinski definition) is 4. The standard InChI is InChI=1S/C29H37N3O5/c1-17-8-10-20(11-9-17)24-18(2)21-14-32(28(36)31-13-12-30(7)23(33)16-31)15-22(21)19(3)25(24)26(27(34)35)37-29(4,5)6/h8-11,26H,12-16H2,1-7H3,(H,34,35)/t26-/m0/s1. The molecule has 3 amide bonds. The number of carbonyl (C=O) groups is 3. The van der Waals surface area contributed by atoms with Crippen molar-refractivity contribution in [3.8, 4) is 11.1 Å². The highest BCUT2D eigenvalue weighted by Gasteiger charge is 2.38. The summed E-state index contributed by atoms with van der Waals surface area (Å²) in [6.07, 6.45) is -1.17. The van der Waals surface area contributed by atoms with Crippen LogP contribution in [0.4, 0.5) is 4.79 Å². The molecule has 0 saturated carbocycles. The van der Waals surface area contributed by atoms with E-state index in [9.17, 15) is 19.5 Å². The van der Waals surface area contributed by atoms with Gasteiger partial charge in [0, 0.05) is 38.8 Å². The van der Waals surface area contributed by atoms with E-state index in [2.05, 4.69) is 0 Å². The molecule has 0 bridgehead atoms. The van der Waals surface area contributed by atoms with Gasteiger partial charge < -0.3 is 24.5 Å². The van der Waals surface area contributed by atoms with Crippen molar-refractivity contribution >= 4 is 17.9 Å². The Morgan fingerprint density at radius 1 is 0.919 bits per heavy atom. The summed E-state index contributed by atoms with van der Waals surface area (Å²) in [5.41, 5.74) is 6.60. The molecule has 37 heavy (non-hydrogen) atoms. The number of hydrogen-bond donors (Lipinski definition) is 1. The number of carboxylic acid groups (broad SMARTS) is 1. The van der Waals surface area contributed by atoms with Crippen LogP contribution in [-0.4, -0.2) is 70.0 Å². The number of piperazine rings is 1. The number of nitrogens with zero attached hydrogens (tertiary/aromatic N) is 3. The molecule has 2 aliphatic rings. The molecule has 0 spiro atoms. The summed E-state index contributed by atoms with van der Waals surface area (Å²) < 4.78 is 6.13. The van der Waals surface area contributed by atoms with E-state index < -0.39 is 17.7 Å². The van der Waals surface area contributed by atoms with E-state index in [0.717, 1.165) is 38.9 Å². The van der Waals surface area contributed by atoms with Gasteiger partial charge in [-0.25, -0.2) is 9.59 Å². The van der Waals surface area contributed by atoms with Crippen molar-refractivity contribution in [3.05, 3.63) is 57.6 Å². The largest absolute Gasteiger partial charge is 0.479 e.